The molecular formula is C17H22ClN3O2. The zero-order chi connectivity index (χ0) is 16.2. The molecule has 3 fully saturated rings. The zero-order valence-electron chi connectivity index (χ0n) is 13.3. The van der Waals surface area contributed by atoms with E-state index in [9.17, 15) is 4.79 Å². The molecule has 1 unspecified atom stereocenters. The van der Waals surface area contributed by atoms with Gasteiger partial charge in [-0.3, -0.25) is 4.79 Å². The number of rotatable bonds is 2. The molecule has 2 heterocycles. The molecule has 1 atom stereocenters. The standard InChI is InChI=1S/C11H18O2.C6H4ClN3/c1-2-13-11(12)10-7-8-3-5-9(10)6-4-8;7-6-9-3-4-1-2-8-5(4)10-6/h8-10H,2-7H2,1H3;1-3H,(H,8,9,10). The third kappa shape index (κ3) is 3.83. The quantitative estimate of drug-likeness (QED) is 0.665. The fourth-order valence-corrected chi connectivity index (χ4v) is 3.87. The summed E-state index contributed by atoms with van der Waals surface area (Å²) in [7, 11) is 0. The molecule has 6 heteroatoms. The van der Waals surface area contributed by atoms with Crippen molar-refractivity contribution in [3.05, 3.63) is 23.7 Å². The van der Waals surface area contributed by atoms with Gasteiger partial charge in [-0.25, -0.2) is 4.98 Å². The Kier molecular flexibility index (Phi) is 5.16. The SMILES string of the molecule is CCOC(=O)C1CC2CCC1CC2.Clc1ncc2cc[nH]c2n1. The van der Waals surface area contributed by atoms with Gasteiger partial charge in [-0.15, -0.1) is 0 Å². The number of H-pyrrole nitrogens is 1. The van der Waals surface area contributed by atoms with Gasteiger partial charge in [0.05, 0.1) is 12.5 Å². The Bertz CT molecular complexity index is 665. The van der Waals surface area contributed by atoms with Crippen molar-refractivity contribution in [2.75, 3.05) is 6.61 Å². The molecule has 5 nitrogen and oxygen atoms in total. The van der Waals surface area contributed by atoms with Crippen molar-refractivity contribution < 1.29 is 9.53 Å². The van der Waals surface area contributed by atoms with Crippen LogP contribution in [0.2, 0.25) is 5.28 Å². The first-order valence-corrected chi connectivity index (χ1v) is 8.67. The van der Waals surface area contributed by atoms with Gasteiger partial charge in [0.25, 0.3) is 0 Å². The lowest BCUT2D eigenvalue weighted by atomic mass is 9.65. The minimum Gasteiger partial charge on any atom is -0.466 e. The lowest BCUT2D eigenvalue weighted by molar-refractivity contribution is -0.153. The van der Waals surface area contributed by atoms with E-state index < -0.39 is 0 Å². The normalized spacial score (nSPS) is 25.7. The summed E-state index contributed by atoms with van der Waals surface area (Å²) in [5, 5.41) is 1.25. The van der Waals surface area contributed by atoms with Gasteiger partial charge in [-0.05, 0) is 55.7 Å². The Morgan fingerprint density at radius 3 is 2.83 bits per heavy atom. The van der Waals surface area contributed by atoms with Gasteiger partial charge >= 0.3 is 5.97 Å². The van der Waals surface area contributed by atoms with E-state index in [1.54, 1.807) is 12.4 Å². The number of fused-ring (bicyclic) bond motifs is 4. The molecule has 0 aromatic carbocycles. The number of aromatic amines is 1. The molecule has 2 aromatic rings. The van der Waals surface area contributed by atoms with Crippen molar-refractivity contribution in [2.45, 2.75) is 39.0 Å². The van der Waals surface area contributed by atoms with Crippen molar-refractivity contribution >= 4 is 28.6 Å². The highest BCUT2D eigenvalue weighted by molar-refractivity contribution is 6.28. The molecule has 23 heavy (non-hydrogen) atoms. The molecule has 2 bridgehead atoms. The summed E-state index contributed by atoms with van der Waals surface area (Å²) in [6.45, 7) is 2.42. The van der Waals surface area contributed by atoms with Crippen LogP contribution in [-0.4, -0.2) is 27.5 Å². The number of nitrogens with zero attached hydrogens (tertiary/aromatic N) is 2. The van der Waals surface area contributed by atoms with Crippen LogP contribution in [0, 0.1) is 17.8 Å². The second-order valence-electron chi connectivity index (χ2n) is 6.30. The number of carbonyl (C=O) groups excluding carboxylic acids is 1. The summed E-state index contributed by atoms with van der Waals surface area (Å²) < 4.78 is 5.10. The molecule has 2 aromatic heterocycles. The van der Waals surface area contributed by atoms with Crippen molar-refractivity contribution in [2.24, 2.45) is 17.8 Å². The maximum absolute atomic E-state index is 11.6. The van der Waals surface area contributed by atoms with Crippen molar-refractivity contribution in [3.8, 4) is 0 Å². The predicted molar refractivity (Wildman–Crippen MR) is 89.1 cm³/mol. The third-order valence-electron chi connectivity index (χ3n) is 4.91. The third-order valence-corrected chi connectivity index (χ3v) is 5.09. The first-order valence-electron chi connectivity index (χ1n) is 8.29. The molecule has 0 saturated heterocycles. The highest BCUT2D eigenvalue weighted by Gasteiger charge is 2.39. The minimum atomic E-state index is 0.0666. The van der Waals surface area contributed by atoms with Gasteiger partial charge in [0.1, 0.15) is 5.65 Å². The summed E-state index contributed by atoms with van der Waals surface area (Å²) in [6, 6.07) is 1.89. The molecular weight excluding hydrogens is 314 g/mol. The van der Waals surface area contributed by atoms with Crippen molar-refractivity contribution in [3.63, 3.8) is 0 Å². The van der Waals surface area contributed by atoms with E-state index in [2.05, 4.69) is 15.0 Å². The number of carbonyl (C=O) groups is 1. The van der Waals surface area contributed by atoms with E-state index in [0.717, 1.165) is 23.4 Å². The number of ether oxygens (including phenoxy) is 1. The van der Waals surface area contributed by atoms with Gasteiger partial charge in [0.15, 0.2) is 0 Å². The number of nitrogens with one attached hydrogen (secondary N) is 1. The Hall–Kier alpha value is -1.62. The molecule has 3 aliphatic rings. The Morgan fingerprint density at radius 2 is 2.17 bits per heavy atom. The molecule has 5 rings (SSSR count). The maximum Gasteiger partial charge on any atom is 0.309 e. The number of hydrogen-bond acceptors (Lipinski definition) is 4. The van der Waals surface area contributed by atoms with Crippen LogP contribution in [0.3, 0.4) is 0 Å². The van der Waals surface area contributed by atoms with Crippen LogP contribution in [0.25, 0.3) is 11.0 Å². The molecule has 3 saturated carbocycles. The largest absolute Gasteiger partial charge is 0.466 e. The smallest absolute Gasteiger partial charge is 0.309 e. The summed E-state index contributed by atoms with van der Waals surface area (Å²) in [4.78, 5) is 22.2. The highest BCUT2D eigenvalue weighted by Crippen LogP contribution is 2.45. The van der Waals surface area contributed by atoms with Crippen LogP contribution in [0.15, 0.2) is 18.5 Å². The zero-order valence-corrected chi connectivity index (χ0v) is 14.1. The summed E-state index contributed by atoms with van der Waals surface area (Å²) in [5.74, 6) is 1.77. The lowest BCUT2D eigenvalue weighted by Crippen LogP contribution is -2.36. The Balaban J connectivity index is 0.000000140. The number of aromatic nitrogens is 3. The van der Waals surface area contributed by atoms with Crippen LogP contribution < -0.4 is 0 Å². The van der Waals surface area contributed by atoms with Gasteiger partial charge in [-0.2, -0.15) is 4.98 Å². The average Bonchev–Trinajstić information content (AvgIpc) is 3.04. The van der Waals surface area contributed by atoms with Crippen LogP contribution >= 0.6 is 11.6 Å². The van der Waals surface area contributed by atoms with Crippen LogP contribution in [0.1, 0.15) is 39.0 Å². The molecule has 124 valence electrons. The Labute approximate surface area is 140 Å². The van der Waals surface area contributed by atoms with E-state index in [0.29, 0.717) is 12.5 Å². The van der Waals surface area contributed by atoms with Crippen molar-refractivity contribution in [1.29, 1.82) is 0 Å². The number of hydrogen-bond donors (Lipinski definition) is 1. The van der Waals surface area contributed by atoms with E-state index in [4.69, 9.17) is 16.3 Å². The first kappa shape index (κ1) is 16.2. The van der Waals surface area contributed by atoms with E-state index >= 15 is 0 Å². The highest BCUT2D eigenvalue weighted by atomic mass is 35.5. The van der Waals surface area contributed by atoms with Gasteiger partial charge in [0, 0.05) is 17.8 Å². The lowest BCUT2D eigenvalue weighted by Gasteiger charge is -2.40. The number of halogens is 1. The first-order chi connectivity index (χ1) is 11.2. The van der Waals surface area contributed by atoms with Crippen LogP contribution in [0.4, 0.5) is 0 Å². The van der Waals surface area contributed by atoms with Gasteiger partial charge in [-0.1, -0.05) is 12.8 Å². The van der Waals surface area contributed by atoms with Crippen LogP contribution in [0.5, 0.6) is 0 Å². The maximum atomic E-state index is 11.6. The van der Waals surface area contributed by atoms with Crippen LogP contribution in [-0.2, 0) is 9.53 Å². The molecule has 0 spiro atoms. The minimum absolute atomic E-state index is 0.0666. The molecule has 0 radical (unpaired) electrons. The average molecular weight is 336 g/mol. The predicted octanol–water partition coefficient (Wildman–Crippen LogP) is 3.99. The summed E-state index contributed by atoms with van der Waals surface area (Å²) >= 11 is 5.53. The Morgan fingerprint density at radius 1 is 1.39 bits per heavy atom. The fraction of sp³-hybridized carbons (Fsp3) is 0.588. The number of esters is 1. The topological polar surface area (TPSA) is 67.9 Å². The summed E-state index contributed by atoms with van der Waals surface area (Å²) in [6.07, 6.45) is 9.80. The van der Waals surface area contributed by atoms with E-state index in [1.165, 1.54) is 25.7 Å². The van der Waals surface area contributed by atoms with E-state index in [-0.39, 0.29) is 17.2 Å². The fourth-order valence-electron chi connectivity index (χ4n) is 3.73. The molecule has 1 N–H and O–H groups in total. The van der Waals surface area contributed by atoms with Gasteiger partial charge < -0.3 is 9.72 Å². The van der Waals surface area contributed by atoms with Crippen molar-refractivity contribution in [1.82, 2.24) is 15.0 Å². The monoisotopic (exact) mass is 335 g/mol. The molecule has 0 aliphatic heterocycles. The van der Waals surface area contributed by atoms with Gasteiger partial charge in [0.2, 0.25) is 5.28 Å². The molecule has 3 aliphatic carbocycles. The summed E-state index contributed by atoms with van der Waals surface area (Å²) in [5.41, 5.74) is 0.778. The molecule has 0 amide bonds. The second-order valence-corrected chi connectivity index (χ2v) is 6.63. The van der Waals surface area contributed by atoms with E-state index in [1.807, 2.05) is 13.0 Å². The second kappa shape index (κ2) is 7.30.